The number of hydrogen-bond acceptors (Lipinski definition) is 1. The summed E-state index contributed by atoms with van der Waals surface area (Å²) in [5.41, 5.74) is 0. The van der Waals surface area contributed by atoms with Gasteiger partial charge >= 0.3 is 0 Å². The fraction of sp³-hybridized carbons (Fsp3) is 0.842. The van der Waals surface area contributed by atoms with Crippen molar-refractivity contribution in [3.05, 3.63) is 12.7 Å². The average molecular weight is 291 g/mol. The van der Waals surface area contributed by atoms with Crippen LogP contribution in [0.5, 0.6) is 0 Å². The van der Waals surface area contributed by atoms with Crippen LogP contribution >= 0.6 is 0 Å². The maximum atomic E-state index is 11.7. The fourth-order valence-electron chi connectivity index (χ4n) is 4.64. The Balaban J connectivity index is 1.74. The number of carbonyl (C=O) groups excluding carboxylic acids is 1. The van der Waals surface area contributed by atoms with Crippen LogP contribution < -0.4 is 0 Å². The molecule has 0 saturated heterocycles. The molecule has 0 aliphatic heterocycles. The lowest BCUT2D eigenvalue weighted by Gasteiger charge is -2.40. The van der Waals surface area contributed by atoms with Crippen molar-refractivity contribution in [1.82, 2.24) is 4.90 Å². The van der Waals surface area contributed by atoms with E-state index in [9.17, 15) is 4.79 Å². The molecule has 2 heteroatoms. The van der Waals surface area contributed by atoms with Crippen LogP contribution in [0.4, 0.5) is 0 Å². The van der Waals surface area contributed by atoms with Crippen molar-refractivity contribution < 1.29 is 4.79 Å². The quantitative estimate of drug-likeness (QED) is 0.666. The molecule has 120 valence electrons. The molecule has 0 unspecified atom stereocenters. The molecule has 0 bridgehead atoms. The standard InChI is InChI=1S/C19H33NO/c1-4-6-15-7-9-16(10-8-15)17-11-13-18(14-12-17)20(3)19(21)5-2/h5,15-18H,2,4,6-14H2,1,3H3. The van der Waals surface area contributed by atoms with Crippen molar-refractivity contribution in [2.45, 2.75) is 77.2 Å². The summed E-state index contributed by atoms with van der Waals surface area (Å²) >= 11 is 0. The summed E-state index contributed by atoms with van der Waals surface area (Å²) in [6.45, 7) is 5.91. The minimum atomic E-state index is 0.0820. The van der Waals surface area contributed by atoms with Gasteiger partial charge in [-0.25, -0.2) is 0 Å². The van der Waals surface area contributed by atoms with Gasteiger partial charge in [-0.1, -0.05) is 39.2 Å². The van der Waals surface area contributed by atoms with E-state index in [1.807, 2.05) is 11.9 Å². The maximum absolute atomic E-state index is 11.7. The Morgan fingerprint density at radius 1 is 1.05 bits per heavy atom. The molecule has 2 aliphatic carbocycles. The summed E-state index contributed by atoms with van der Waals surface area (Å²) in [4.78, 5) is 13.6. The average Bonchev–Trinajstić information content (AvgIpc) is 2.54. The molecular formula is C19H33NO. The molecule has 0 radical (unpaired) electrons. The first kappa shape index (κ1) is 16.6. The highest BCUT2D eigenvalue weighted by Crippen LogP contribution is 2.41. The minimum Gasteiger partial charge on any atom is -0.339 e. The number of rotatable bonds is 5. The zero-order valence-corrected chi connectivity index (χ0v) is 14.0. The van der Waals surface area contributed by atoms with Gasteiger partial charge in [-0.3, -0.25) is 4.79 Å². The van der Waals surface area contributed by atoms with E-state index in [0.717, 1.165) is 17.8 Å². The summed E-state index contributed by atoms with van der Waals surface area (Å²) in [5.74, 6) is 2.99. The van der Waals surface area contributed by atoms with Crippen LogP contribution in [-0.4, -0.2) is 23.9 Å². The highest BCUT2D eigenvalue weighted by molar-refractivity contribution is 5.87. The molecule has 0 aromatic rings. The molecule has 0 atom stereocenters. The van der Waals surface area contributed by atoms with Gasteiger partial charge in [0.1, 0.15) is 0 Å². The molecule has 0 aromatic heterocycles. The van der Waals surface area contributed by atoms with Crippen molar-refractivity contribution in [2.24, 2.45) is 17.8 Å². The lowest BCUT2D eigenvalue weighted by Crippen LogP contribution is -2.39. The van der Waals surface area contributed by atoms with Crippen LogP contribution in [0.25, 0.3) is 0 Å². The van der Waals surface area contributed by atoms with Crippen molar-refractivity contribution in [2.75, 3.05) is 7.05 Å². The van der Waals surface area contributed by atoms with Crippen molar-refractivity contribution in [3.8, 4) is 0 Å². The van der Waals surface area contributed by atoms with E-state index in [4.69, 9.17) is 0 Å². The number of nitrogens with zero attached hydrogens (tertiary/aromatic N) is 1. The first-order chi connectivity index (χ1) is 10.2. The Morgan fingerprint density at radius 3 is 2.05 bits per heavy atom. The van der Waals surface area contributed by atoms with Gasteiger partial charge < -0.3 is 4.90 Å². The lowest BCUT2D eigenvalue weighted by molar-refractivity contribution is -0.127. The highest BCUT2D eigenvalue weighted by atomic mass is 16.2. The van der Waals surface area contributed by atoms with Crippen molar-refractivity contribution in [1.29, 1.82) is 0 Å². The fourth-order valence-corrected chi connectivity index (χ4v) is 4.64. The van der Waals surface area contributed by atoms with Gasteiger partial charge in [-0.05, 0) is 62.4 Å². The van der Waals surface area contributed by atoms with Crippen LogP contribution in [-0.2, 0) is 4.79 Å². The van der Waals surface area contributed by atoms with Crippen LogP contribution in [0.15, 0.2) is 12.7 Å². The van der Waals surface area contributed by atoms with Crippen LogP contribution in [0, 0.1) is 17.8 Å². The smallest absolute Gasteiger partial charge is 0.245 e. The van der Waals surface area contributed by atoms with E-state index >= 15 is 0 Å². The summed E-state index contributed by atoms with van der Waals surface area (Å²) in [6, 6.07) is 0.447. The minimum absolute atomic E-state index is 0.0820. The summed E-state index contributed by atoms with van der Waals surface area (Å²) in [6.07, 6.45) is 15.1. The Bertz CT molecular complexity index is 335. The molecule has 2 fully saturated rings. The van der Waals surface area contributed by atoms with Crippen LogP contribution in [0.2, 0.25) is 0 Å². The molecule has 2 saturated carbocycles. The van der Waals surface area contributed by atoms with Gasteiger partial charge in [-0.15, -0.1) is 0 Å². The normalized spacial score (nSPS) is 33.4. The molecule has 0 N–H and O–H groups in total. The predicted molar refractivity (Wildman–Crippen MR) is 89.1 cm³/mol. The molecular weight excluding hydrogens is 258 g/mol. The van der Waals surface area contributed by atoms with Crippen LogP contribution in [0.1, 0.15) is 71.1 Å². The second-order valence-corrected chi connectivity index (χ2v) is 7.29. The Morgan fingerprint density at radius 2 is 1.57 bits per heavy atom. The van der Waals surface area contributed by atoms with E-state index in [-0.39, 0.29) is 5.91 Å². The third kappa shape index (κ3) is 4.34. The topological polar surface area (TPSA) is 20.3 Å². The molecule has 0 heterocycles. The first-order valence-corrected chi connectivity index (χ1v) is 9.04. The molecule has 0 spiro atoms. The largest absolute Gasteiger partial charge is 0.339 e. The summed E-state index contributed by atoms with van der Waals surface area (Å²) in [7, 11) is 1.94. The second-order valence-electron chi connectivity index (χ2n) is 7.29. The Hall–Kier alpha value is -0.790. The van der Waals surface area contributed by atoms with Crippen molar-refractivity contribution in [3.63, 3.8) is 0 Å². The second kappa shape index (κ2) is 8.00. The number of likely N-dealkylation sites (N-methyl/N-ethyl adjacent to an activating group) is 1. The third-order valence-corrected chi connectivity index (χ3v) is 6.07. The molecule has 21 heavy (non-hydrogen) atoms. The summed E-state index contributed by atoms with van der Waals surface area (Å²) < 4.78 is 0. The van der Waals surface area contributed by atoms with Gasteiger partial charge in [0.2, 0.25) is 5.91 Å². The van der Waals surface area contributed by atoms with E-state index in [1.54, 1.807) is 0 Å². The molecule has 1 amide bonds. The SMILES string of the molecule is C=CC(=O)N(C)C1CCC(C2CCC(CCC)CC2)CC1. The monoisotopic (exact) mass is 291 g/mol. The molecule has 2 nitrogen and oxygen atoms in total. The van der Waals surface area contributed by atoms with E-state index in [1.165, 1.54) is 70.3 Å². The molecule has 0 aromatic carbocycles. The van der Waals surface area contributed by atoms with Gasteiger partial charge in [0.15, 0.2) is 0 Å². The Kier molecular flexibility index (Phi) is 6.32. The van der Waals surface area contributed by atoms with E-state index < -0.39 is 0 Å². The van der Waals surface area contributed by atoms with Crippen LogP contribution in [0.3, 0.4) is 0 Å². The number of amides is 1. The van der Waals surface area contributed by atoms with Crippen molar-refractivity contribution >= 4 is 5.91 Å². The highest BCUT2D eigenvalue weighted by Gasteiger charge is 2.32. The van der Waals surface area contributed by atoms with E-state index in [0.29, 0.717) is 6.04 Å². The third-order valence-electron chi connectivity index (χ3n) is 6.07. The lowest BCUT2D eigenvalue weighted by atomic mass is 9.69. The van der Waals surface area contributed by atoms with E-state index in [2.05, 4.69) is 13.5 Å². The zero-order chi connectivity index (χ0) is 15.2. The zero-order valence-electron chi connectivity index (χ0n) is 14.0. The van der Waals surface area contributed by atoms with Gasteiger partial charge in [-0.2, -0.15) is 0 Å². The predicted octanol–water partition coefficient (Wildman–Crippen LogP) is 4.80. The molecule has 2 rings (SSSR count). The maximum Gasteiger partial charge on any atom is 0.245 e. The Labute approximate surface area is 131 Å². The van der Waals surface area contributed by atoms with Gasteiger partial charge in [0.05, 0.1) is 0 Å². The first-order valence-electron chi connectivity index (χ1n) is 9.04. The molecule has 2 aliphatic rings. The number of carbonyl (C=O) groups is 1. The van der Waals surface area contributed by atoms with Gasteiger partial charge in [0, 0.05) is 13.1 Å². The summed E-state index contributed by atoms with van der Waals surface area (Å²) in [5, 5.41) is 0. The van der Waals surface area contributed by atoms with Gasteiger partial charge in [0.25, 0.3) is 0 Å². The number of hydrogen-bond donors (Lipinski definition) is 0.